The number of esters is 1. The van der Waals surface area contributed by atoms with Gasteiger partial charge in [0, 0.05) is 0 Å². The number of halogens is 1. The molecule has 0 N–H and O–H groups in total. The van der Waals surface area contributed by atoms with Gasteiger partial charge in [0.25, 0.3) is 0 Å². The van der Waals surface area contributed by atoms with E-state index < -0.39 is 11.8 Å². The second-order valence-corrected chi connectivity index (χ2v) is 4.61. The summed E-state index contributed by atoms with van der Waals surface area (Å²) < 4.78 is 34.1. The van der Waals surface area contributed by atoms with Crippen molar-refractivity contribution in [2.24, 2.45) is 0 Å². The van der Waals surface area contributed by atoms with Crippen molar-refractivity contribution in [1.82, 2.24) is 0 Å². The normalized spacial score (nSPS) is 10.1. The lowest BCUT2D eigenvalue weighted by atomic mass is 10.1. The predicted octanol–water partition coefficient (Wildman–Crippen LogP) is 3.00. The zero-order valence-electron chi connectivity index (χ0n) is 13.1. The van der Waals surface area contributed by atoms with Crippen LogP contribution < -0.4 is 18.9 Å². The van der Waals surface area contributed by atoms with Crippen molar-refractivity contribution in [3.05, 3.63) is 47.8 Å². The fraction of sp³-hybridized carbons (Fsp3) is 0.235. The molecule has 2 aromatic rings. The van der Waals surface area contributed by atoms with Gasteiger partial charge < -0.3 is 18.9 Å². The van der Waals surface area contributed by atoms with Crippen LogP contribution in [0.2, 0.25) is 0 Å². The summed E-state index contributed by atoms with van der Waals surface area (Å²) in [6, 6.07) is 9.31. The molecule has 0 saturated carbocycles. The molecule has 0 aliphatic heterocycles. The zero-order valence-corrected chi connectivity index (χ0v) is 13.1. The van der Waals surface area contributed by atoms with Gasteiger partial charge in [0.05, 0.1) is 27.8 Å². The molecule has 5 nitrogen and oxygen atoms in total. The van der Waals surface area contributed by atoms with Crippen molar-refractivity contribution in [1.29, 1.82) is 0 Å². The summed E-state index contributed by atoms with van der Waals surface area (Å²) in [5.74, 6) is -0.0349. The lowest BCUT2D eigenvalue weighted by Crippen LogP contribution is -2.12. The number of carbonyl (C=O) groups excluding carboxylic acids is 1. The molecule has 0 bridgehead atoms. The molecular formula is C17H17FO5. The van der Waals surface area contributed by atoms with Crippen molar-refractivity contribution < 1.29 is 28.1 Å². The first-order chi connectivity index (χ1) is 11.1. The van der Waals surface area contributed by atoms with Crippen molar-refractivity contribution in [3.8, 4) is 23.0 Å². The van der Waals surface area contributed by atoms with E-state index in [1.165, 1.54) is 33.5 Å². The minimum absolute atomic E-state index is 0.0951. The van der Waals surface area contributed by atoms with Crippen LogP contribution in [-0.2, 0) is 11.2 Å². The minimum atomic E-state index is -0.558. The number of carbonyl (C=O) groups is 1. The monoisotopic (exact) mass is 320 g/mol. The summed E-state index contributed by atoms with van der Waals surface area (Å²) in [7, 11) is 4.30. The van der Waals surface area contributed by atoms with Gasteiger partial charge in [-0.1, -0.05) is 12.1 Å². The third-order valence-electron chi connectivity index (χ3n) is 3.16. The number of hydrogen-bond acceptors (Lipinski definition) is 5. The van der Waals surface area contributed by atoms with E-state index in [4.69, 9.17) is 18.9 Å². The largest absolute Gasteiger partial charge is 0.494 e. The molecular weight excluding hydrogens is 303 g/mol. The quantitative estimate of drug-likeness (QED) is 0.605. The molecule has 0 radical (unpaired) electrons. The second kappa shape index (κ2) is 7.49. The first-order valence-corrected chi connectivity index (χ1v) is 6.83. The highest BCUT2D eigenvalue weighted by atomic mass is 19.1. The Bertz CT molecular complexity index is 677. The van der Waals surface area contributed by atoms with Crippen molar-refractivity contribution in [2.45, 2.75) is 6.42 Å². The molecule has 0 saturated heterocycles. The molecule has 6 heteroatoms. The number of rotatable bonds is 6. The van der Waals surface area contributed by atoms with E-state index in [0.29, 0.717) is 17.1 Å². The Hall–Kier alpha value is -2.76. The Labute approximate surface area is 133 Å². The molecule has 0 amide bonds. The van der Waals surface area contributed by atoms with Crippen LogP contribution in [0.1, 0.15) is 5.56 Å². The fourth-order valence-corrected chi connectivity index (χ4v) is 2.05. The highest BCUT2D eigenvalue weighted by molar-refractivity contribution is 5.77. The van der Waals surface area contributed by atoms with Gasteiger partial charge in [0.15, 0.2) is 23.1 Å². The van der Waals surface area contributed by atoms with Gasteiger partial charge in [0.1, 0.15) is 0 Å². The van der Waals surface area contributed by atoms with Crippen molar-refractivity contribution in [2.75, 3.05) is 21.3 Å². The van der Waals surface area contributed by atoms with Crippen LogP contribution >= 0.6 is 0 Å². The average molecular weight is 320 g/mol. The van der Waals surface area contributed by atoms with Gasteiger partial charge in [-0.15, -0.1) is 0 Å². The molecule has 0 heterocycles. The van der Waals surface area contributed by atoms with E-state index in [0.717, 1.165) is 0 Å². The first-order valence-electron chi connectivity index (χ1n) is 6.83. The van der Waals surface area contributed by atoms with Crippen LogP contribution in [0, 0.1) is 5.82 Å². The fourth-order valence-electron chi connectivity index (χ4n) is 2.05. The van der Waals surface area contributed by atoms with E-state index in [-0.39, 0.29) is 17.9 Å². The Morgan fingerprint density at radius 2 is 1.57 bits per heavy atom. The second-order valence-electron chi connectivity index (χ2n) is 4.61. The molecule has 0 aliphatic carbocycles. The van der Waals surface area contributed by atoms with Crippen LogP contribution in [0.5, 0.6) is 23.0 Å². The Morgan fingerprint density at radius 3 is 2.09 bits per heavy atom. The topological polar surface area (TPSA) is 54.0 Å². The maximum Gasteiger partial charge on any atom is 0.315 e. The number of benzene rings is 2. The third kappa shape index (κ3) is 3.91. The Morgan fingerprint density at radius 1 is 0.957 bits per heavy atom. The minimum Gasteiger partial charge on any atom is -0.494 e. The number of para-hydroxylation sites is 1. The zero-order chi connectivity index (χ0) is 16.8. The van der Waals surface area contributed by atoms with E-state index in [1.807, 2.05) is 0 Å². The maximum atomic E-state index is 13.6. The molecule has 2 rings (SSSR count). The molecule has 0 aliphatic rings. The predicted molar refractivity (Wildman–Crippen MR) is 81.8 cm³/mol. The standard InChI is InChI=1S/C17H17FO5/c1-20-13-8-7-11(9-12(13)18)10-16(19)23-17-14(21-2)5-4-6-15(17)22-3/h4-9H,10H2,1-3H3. The maximum absolute atomic E-state index is 13.6. The average Bonchev–Trinajstić information content (AvgIpc) is 2.55. The van der Waals surface area contributed by atoms with Crippen molar-refractivity contribution in [3.63, 3.8) is 0 Å². The molecule has 0 atom stereocenters. The summed E-state index contributed by atoms with van der Waals surface area (Å²) in [5, 5.41) is 0. The van der Waals surface area contributed by atoms with Crippen molar-refractivity contribution >= 4 is 5.97 Å². The van der Waals surface area contributed by atoms with Crippen LogP contribution in [-0.4, -0.2) is 27.3 Å². The van der Waals surface area contributed by atoms with E-state index in [1.54, 1.807) is 24.3 Å². The van der Waals surface area contributed by atoms with Gasteiger partial charge in [-0.2, -0.15) is 0 Å². The molecule has 0 fully saturated rings. The Balaban J connectivity index is 2.15. The molecule has 23 heavy (non-hydrogen) atoms. The smallest absolute Gasteiger partial charge is 0.315 e. The number of hydrogen-bond donors (Lipinski definition) is 0. The Kier molecular flexibility index (Phi) is 5.41. The summed E-state index contributed by atoms with van der Waals surface area (Å²) in [6.45, 7) is 0. The molecule has 122 valence electrons. The number of ether oxygens (including phenoxy) is 4. The lowest BCUT2D eigenvalue weighted by molar-refractivity contribution is -0.133. The van der Waals surface area contributed by atoms with Crippen LogP contribution in [0.15, 0.2) is 36.4 Å². The summed E-state index contributed by atoms with van der Waals surface area (Å²) >= 11 is 0. The van der Waals surface area contributed by atoms with E-state index in [2.05, 4.69) is 0 Å². The summed E-state index contributed by atoms with van der Waals surface area (Å²) in [5.41, 5.74) is 0.474. The van der Waals surface area contributed by atoms with E-state index >= 15 is 0 Å². The third-order valence-corrected chi connectivity index (χ3v) is 3.16. The van der Waals surface area contributed by atoms with Gasteiger partial charge >= 0.3 is 5.97 Å². The SMILES string of the molecule is COc1ccc(CC(=O)Oc2c(OC)cccc2OC)cc1F. The summed E-state index contributed by atoms with van der Waals surface area (Å²) in [6.07, 6.45) is -0.0951. The van der Waals surface area contributed by atoms with Crippen LogP contribution in [0.25, 0.3) is 0 Å². The van der Waals surface area contributed by atoms with Crippen LogP contribution in [0.4, 0.5) is 4.39 Å². The number of methoxy groups -OCH3 is 3. The van der Waals surface area contributed by atoms with Crippen LogP contribution in [0.3, 0.4) is 0 Å². The molecule has 2 aromatic carbocycles. The molecule has 0 aromatic heterocycles. The highest BCUT2D eigenvalue weighted by Gasteiger charge is 2.16. The molecule has 0 unspecified atom stereocenters. The lowest BCUT2D eigenvalue weighted by Gasteiger charge is -2.13. The summed E-state index contributed by atoms with van der Waals surface area (Å²) in [4.78, 5) is 12.1. The van der Waals surface area contributed by atoms with E-state index in [9.17, 15) is 9.18 Å². The van der Waals surface area contributed by atoms with Gasteiger partial charge in [-0.3, -0.25) is 4.79 Å². The van der Waals surface area contributed by atoms with Gasteiger partial charge in [0.2, 0.25) is 5.75 Å². The van der Waals surface area contributed by atoms with Gasteiger partial charge in [-0.05, 0) is 29.8 Å². The first kappa shape index (κ1) is 16.6. The highest BCUT2D eigenvalue weighted by Crippen LogP contribution is 2.37. The molecule has 0 spiro atoms. The van der Waals surface area contributed by atoms with Gasteiger partial charge in [-0.25, -0.2) is 4.39 Å².